The predicted octanol–water partition coefficient (Wildman–Crippen LogP) is 3.73. The first-order valence-corrected chi connectivity index (χ1v) is 8.75. The van der Waals surface area contributed by atoms with Crippen LogP contribution >= 0.6 is 0 Å². The smallest absolute Gasteiger partial charge is 0.387 e. The van der Waals surface area contributed by atoms with E-state index < -0.39 is 6.61 Å². The van der Waals surface area contributed by atoms with Crippen molar-refractivity contribution >= 4 is 5.91 Å². The molecule has 2 aromatic carbocycles. The molecule has 0 radical (unpaired) electrons. The zero-order valence-electron chi connectivity index (χ0n) is 16.2. The number of carbonyl (C=O) groups excluding carboxylic acids is 1. The average molecular weight is 407 g/mol. The number of nitrogens with one attached hydrogen (secondary N) is 1. The summed E-state index contributed by atoms with van der Waals surface area (Å²) in [5.41, 5.74) is 1.67. The van der Waals surface area contributed by atoms with E-state index in [1.165, 1.54) is 26.4 Å². The third-order valence-corrected chi connectivity index (χ3v) is 3.90. The zero-order chi connectivity index (χ0) is 21.2. The highest BCUT2D eigenvalue weighted by Gasteiger charge is 2.12. The number of hydrogen-bond acceptors (Lipinski definition) is 5. The Morgan fingerprint density at radius 1 is 1.03 bits per heavy atom. The van der Waals surface area contributed by atoms with Gasteiger partial charge >= 0.3 is 6.61 Å². The number of halogens is 2. The summed E-state index contributed by atoms with van der Waals surface area (Å²) in [6.07, 6.45) is 2.48. The molecule has 2 aromatic rings. The van der Waals surface area contributed by atoms with Crippen molar-refractivity contribution in [2.24, 2.45) is 0 Å². The second-order valence-corrected chi connectivity index (χ2v) is 5.91. The van der Waals surface area contributed by atoms with Gasteiger partial charge in [0.25, 0.3) is 5.91 Å². The molecule has 8 heteroatoms. The van der Waals surface area contributed by atoms with Crippen molar-refractivity contribution in [3.8, 4) is 23.0 Å². The number of amides is 1. The predicted molar refractivity (Wildman–Crippen MR) is 104 cm³/mol. The Morgan fingerprint density at radius 3 is 2.31 bits per heavy atom. The standard InChI is InChI=1S/C21H23F2NO5/c1-4-5-14-6-8-16(18(10-14)26-2)28-13-20(25)24-12-15-7-9-17(29-21(22)23)19(11-15)27-3/h4,6-11,21H,1,5,12-13H2,2-3H3,(H,24,25). The highest BCUT2D eigenvalue weighted by atomic mass is 19.3. The summed E-state index contributed by atoms with van der Waals surface area (Å²) >= 11 is 0. The molecule has 0 aromatic heterocycles. The van der Waals surface area contributed by atoms with Crippen LogP contribution in [-0.2, 0) is 17.8 Å². The molecule has 0 aliphatic heterocycles. The van der Waals surface area contributed by atoms with Crippen LogP contribution in [0.15, 0.2) is 49.1 Å². The van der Waals surface area contributed by atoms with E-state index in [2.05, 4.69) is 16.6 Å². The Bertz CT molecular complexity index is 842. The van der Waals surface area contributed by atoms with Crippen molar-refractivity contribution in [3.05, 3.63) is 60.2 Å². The van der Waals surface area contributed by atoms with Crippen LogP contribution in [0.2, 0.25) is 0 Å². The molecule has 0 unspecified atom stereocenters. The number of alkyl halides is 2. The van der Waals surface area contributed by atoms with Crippen LogP contribution in [0.4, 0.5) is 8.78 Å². The molecule has 1 N–H and O–H groups in total. The van der Waals surface area contributed by atoms with Crippen molar-refractivity contribution in [1.29, 1.82) is 0 Å². The van der Waals surface area contributed by atoms with Crippen LogP contribution in [0.1, 0.15) is 11.1 Å². The van der Waals surface area contributed by atoms with Gasteiger partial charge in [-0.2, -0.15) is 8.78 Å². The van der Waals surface area contributed by atoms with E-state index in [1.807, 2.05) is 12.1 Å². The van der Waals surface area contributed by atoms with Gasteiger partial charge in [-0.3, -0.25) is 4.79 Å². The van der Waals surface area contributed by atoms with E-state index in [4.69, 9.17) is 14.2 Å². The number of allylic oxidation sites excluding steroid dienone is 1. The van der Waals surface area contributed by atoms with E-state index in [1.54, 1.807) is 18.2 Å². The Kier molecular flexibility index (Phi) is 8.27. The number of rotatable bonds is 11. The minimum absolute atomic E-state index is 0.0760. The molecule has 2 rings (SSSR count). The van der Waals surface area contributed by atoms with E-state index in [0.29, 0.717) is 23.5 Å². The molecule has 0 atom stereocenters. The molecular weight excluding hydrogens is 384 g/mol. The van der Waals surface area contributed by atoms with Gasteiger partial charge in [0, 0.05) is 6.54 Å². The van der Waals surface area contributed by atoms with Crippen LogP contribution in [0.25, 0.3) is 0 Å². The molecule has 6 nitrogen and oxygen atoms in total. The number of carbonyl (C=O) groups is 1. The molecule has 1 amide bonds. The van der Waals surface area contributed by atoms with Crippen LogP contribution in [0, 0.1) is 0 Å². The van der Waals surface area contributed by atoms with E-state index in [9.17, 15) is 13.6 Å². The Labute approximate surface area is 168 Å². The highest BCUT2D eigenvalue weighted by molar-refractivity contribution is 5.77. The molecule has 0 fully saturated rings. The number of benzene rings is 2. The quantitative estimate of drug-likeness (QED) is 0.575. The van der Waals surface area contributed by atoms with Crippen molar-refractivity contribution in [2.45, 2.75) is 19.6 Å². The molecule has 0 aliphatic rings. The van der Waals surface area contributed by atoms with E-state index in [-0.39, 0.29) is 30.6 Å². The molecule has 0 spiro atoms. The number of ether oxygens (including phenoxy) is 4. The van der Waals surface area contributed by atoms with Crippen LogP contribution < -0.4 is 24.3 Å². The first kappa shape index (κ1) is 22.0. The van der Waals surface area contributed by atoms with Crippen LogP contribution in [0.5, 0.6) is 23.0 Å². The van der Waals surface area contributed by atoms with Gasteiger partial charge in [-0.15, -0.1) is 6.58 Å². The molecule has 0 bridgehead atoms. The van der Waals surface area contributed by atoms with Gasteiger partial charge in [-0.25, -0.2) is 0 Å². The lowest BCUT2D eigenvalue weighted by Gasteiger charge is -2.13. The van der Waals surface area contributed by atoms with Gasteiger partial charge in [0.2, 0.25) is 0 Å². The third-order valence-electron chi connectivity index (χ3n) is 3.90. The van der Waals surface area contributed by atoms with Crippen molar-refractivity contribution in [3.63, 3.8) is 0 Å². The lowest BCUT2D eigenvalue weighted by molar-refractivity contribution is -0.123. The molecule has 0 aliphatic carbocycles. The summed E-state index contributed by atoms with van der Waals surface area (Å²) in [5.74, 6) is 0.696. The summed E-state index contributed by atoms with van der Waals surface area (Å²) < 4.78 is 45.0. The van der Waals surface area contributed by atoms with Crippen molar-refractivity contribution in [1.82, 2.24) is 5.32 Å². The van der Waals surface area contributed by atoms with Crippen LogP contribution in [0.3, 0.4) is 0 Å². The lowest BCUT2D eigenvalue weighted by Crippen LogP contribution is -2.28. The van der Waals surface area contributed by atoms with Gasteiger partial charge in [0.1, 0.15) is 0 Å². The van der Waals surface area contributed by atoms with Gasteiger partial charge < -0.3 is 24.3 Å². The first-order chi connectivity index (χ1) is 14.0. The lowest BCUT2D eigenvalue weighted by atomic mass is 10.1. The molecule has 0 heterocycles. The summed E-state index contributed by atoms with van der Waals surface area (Å²) in [4.78, 5) is 12.1. The summed E-state index contributed by atoms with van der Waals surface area (Å²) in [7, 11) is 2.87. The average Bonchev–Trinajstić information content (AvgIpc) is 2.71. The Balaban J connectivity index is 1.91. The van der Waals surface area contributed by atoms with Crippen molar-refractivity contribution < 1.29 is 32.5 Å². The maximum atomic E-state index is 12.4. The third kappa shape index (κ3) is 6.67. The molecular formula is C21H23F2NO5. The molecule has 0 saturated heterocycles. The maximum absolute atomic E-state index is 12.4. The van der Waals surface area contributed by atoms with Gasteiger partial charge in [0.15, 0.2) is 29.6 Å². The van der Waals surface area contributed by atoms with E-state index >= 15 is 0 Å². The summed E-state index contributed by atoms with van der Waals surface area (Å²) in [6, 6.07) is 9.86. The molecule has 156 valence electrons. The minimum atomic E-state index is -2.95. The fraction of sp³-hybridized carbons (Fsp3) is 0.286. The number of methoxy groups -OCH3 is 2. The fourth-order valence-electron chi connectivity index (χ4n) is 2.54. The van der Waals surface area contributed by atoms with Gasteiger partial charge in [-0.1, -0.05) is 18.2 Å². The topological polar surface area (TPSA) is 66.0 Å². The minimum Gasteiger partial charge on any atom is -0.493 e. The molecule has 0 saturated carbocycles. The van der Waals surface area contributed by atoms with Crippen LogP contribution in [-0.4, -0.2) is 33.3 Å². The largest absolute Gasteiger partial charge is 0.493 e. The highest BCUT2D eigenvalue weighted by Crippen LogP contribution is 2.30. The monoisotopic (exact) mass is 407 g/mol. The fourth-order valence-corrected chi connectivity index (χ4v) is 2.54. The van der Waals surface area contributed by atoms with E-state index in [0.717, 1.165) is 5.56 Å². The normalized spacial score (nSPS) is 10.4. The number of hydrogen-bond donors (Lipinski definition) is 1. The second kappa shape index (κ2) is 10.9. The van der Waals surface area contributed by atoms with Crippen molar-refractivity contribution in [2.75, 3.05) is 20.8 Å². The zero-order valence-corrected chi connectivity index (χ0v) is 16.2. The first-order valence-electron chi connectivity index (χ1n) is 8.75. The molecule has 29 heavy (non-hydrogen) atoms. The SMILES string of the molecule is C=CCc1ccc(OCC(=O)NCc2ccc(OC(F)F)c(OC)c2)c(OC)c1. The Hall–Kier alpha value is -3.29. The Morgan fingerprint density at radius 2 is 1.66 bits per heavy atom. The van der Waals surface area contributed by atoms with Gasteiger partial charge in [0.05, 0.1) is 14.2 Å². The summed E-state index contributed by atoms with van der Waals surface area (Å²) in [5, 5.41) is 2.69. The van der Waals surface area contributed by atoms with Gasteiger partial charge in [-0.05, 0) is 41.8 Å². The second-order valence-electron chi connectivity index (χ2n) is 5.91. The summed E-state index contributed by atoms with van der Waals surface area (Å²) in [6.45, 7) is 0.706. The maximum Gasteiger partial charge on any atom is 0.387 e.